The highest BCUT2D eigenvalue weighted by Gasteiger charge is 2.39. The van der Waals surface area contributed by atoms with Crippen molar-refractivity contribution in [3.8, 4) is 0 Å². The van der Waals surface area contributed by atoms with Gasteiger partial charge < -0.3 is 14.4 Å². The molecule has 1 amide bonds. The van der Waals surface area contributed by atoms with Crippen LogP contribution in [0.4, 0.5) is 4.79 Å². The summed E-state index contributed by atoms with van der Waals surface area (Å²) in [5, 5.41) is 1.88. The summed E-state index contributed by atoms with van der Waals surface area (Å²) in [6, 6.07) is 0. The minimum absolute atomic E-state index is 0.251. The molecular weight excluding hydrogens is 326 g/mol. The molecule has 0 N–H and O–H groups in total. The van der Waals surface area contributed by atoms with Gasteiger partial charge in [-0.15, -0.1) is 11.3 Å². The molecule has 1 aromatic rings. The van der Waals surface area contributed by atoms with Crippen molar-refractivity contribution in [3.63, 3.8) is 0 Å². The lowest BCUT2D eigenvalue weighted by Crippen LogP contribution is -2.52. The number of ether oxygens (including phenoxy) is 2. The summed E-state index contributed by atoms with van der Waals surface area (Å²) in [4.78, 5) is 27.3. The predicted octanol–water partition coefficient (Wildman–Crippen LogP) is 4.04. The van der Waals surface area contributed by atoms with Gasteiger partial charge in [-0.25, -0.2) is 9.59 Å². The number of thiophene rings is 1. The molecular formula is C18H27NO4S. The fourth-order valence-corrected chi connectivity index (χ4v) is 4.14. The van der Waals surface area contributed by atoms with Crippen LogP contribution in [-0.4, -0.2) is 41.8 Å². The van der Waals surface area contributed by atoms with Gasteiger partial charge in [0.25, 0.3) is 0 Å². The smallest absolute Gasteiger partial charge is 0.410 e. The van der Waals surface area contributed by atoms with E-state index in [1.807, 2.05) is 33.1 Å². The third-order valence-electron chi connectivity index (χ3n) is 4.41. The van der Waals surface area contributed by atoms with Gasteiger partial charge in [0.2, 0.25) is 0 Å². The molecule has 0 saturated carbocycles. The number of likely N-dealkylation sites (N-methyl/N-ethyl adjacent to an activating group) is 1. The van der Waals surface area contributed by atoms with Crippen LogP contribution in [0.2, 0.25) is 0 Å². The fraction of sp³-hybridized carbons (Fsp3) is 0.667. The molecule has 5 nitrogen and oxygen atoms in total. The fourth-order valence-electron chi connectivity index (χ4n) is 2.89. The normalized spacial score (nSPS) is 20.2. The Morgan fingerprint density at radius 2 is 2.04 bits per heavy atom. The van der Waals surface area contributed by atoms with Gasteiger partial charge in [-0.05, 0) is 53.0 Å². The summed E-state index contributed by atoms with van der Waals surface area (Å²) < 4.78 is 10.6. The number of hydrogen-bond acceptors (Lipinski definition) is 5. The molecule has 134 valence electrons. The maximum atomic E-state index is 12.4. The van der Waals surface area contributed by atoms with Crippen molar-refractivity contribution in [2.24, 2.45) is 0 Å². The largest absolute Gasteiger partial charge is 0.462 e. The van der Waals surface area contributed by atoms with Crippen LogP contribution < -0.4 is 0 Å². The molecule has 0 fully saturated rings. The zero-order chi connectivity index (χ0) is 18.1. The molecule has 0 spiro atoms. The summed E-state index contributed by atoms with van der Waals surface area (Å²) in [5.74, 6) is -0.251. The zero-order valence-corrected chi connectivity index (χ0v) is 16.2. The molecule has 0 saturated heterocycles. The highest BCUT2D eigenvalue weighted by atomic mass is 32.1. The Morgan fingerprint density at radius 3 is 2.62 bits per heavy atom. The Kier molecular flexibility index (Phi) is 5.28. The van der Waals surface area contributed by atoms with Crippen LogP contribution in [0.5, 0.6) is 0 Å². The molecule has 1 aliphatic carbocycles. The first-order chi connectivity index (χ1) is 11.1. The number of carbonyl (C=O) groups excluding carboxylic acids is 2. The first-order valence-corrected chi connectivity index (χ1v) is 9.18. The maximum absolute atomic E-state index is 12.4. The van der Waals surface area contributed by atoms with E-state index in [2.05, 4.69) is 6.92 Å². The predicted molar refractivity (Wildman–Crippen MR) is 94.7 cm³/mol. The molecule has 24 heavy (non-hydrogen) atoms. The summed E-state index contributed by atoms with van der Waals surface area (Å²) in [5.41, 5.74) is 0.931. The van der Waals surface area contributed by atoms with Crippen molar-refractivity contribution in [1.82, 2.24) is 4.90 Å². The van der Waals surface area contributed by atoms with Crippen LogP contribution in [0.1, 0.15) is 61.8 Å². The SMILES string of the molecule is CCOC(=O)c1csc2c1CCC(C)(N(C)C(=O)OC(C)(C)C)C2. The highest BCUT2D eigenvalue weighted by Crippen LogP contribution is 2.38. The molecule has 6 heteroatoms. The van der Waals surface area contributed by atoms with Gasteiger partial charge in [-0.1, -0.05) is 0 Å². The minimum Gasteiger partial charge on any atom is -0.462 e. The number of nitrogens with zero attached hydrogens (tertiary/aromatic N) is 1. The third-order valence-corrected chi connectivity index (χ3v) is 5.44. The van der Waals surface area contributed by atoms with Gasteiger partial charge in [0.15, 0.2) is 0 Å². The highest BCUT2D eigenvalue weighted by molar-refractivity contribution is 7.10. The maximum Gasteiger partial charge on any atom is 0.410 e. The number of amides is 1. The Bertz CT molecular complexity index is 631. The molecule has 2 rings (SSSR count). The lowest BCUT2D eigenvalue weighted by Gasteiger charge is -2.42. The molecule has 1 atom stereocenters. The van der Waals surface area contributed by atoms with Gasteiger partial charge >= 0.3 is 12.1 Å². The second kappa shape index (κ2) is 6.75. The van der Waals surface area contributed by atoms with Crippen molar-refractivity contribution >= 4 is 23.4 Å². The summed E-state index contributed by atoms with van der Waals surface area (Å²) in [7, 11) is 1.79. The standard InChI is InChI=1S/C18H27NO4S/c1-7-22-15(20)13-11-24-14-10-18(5,9-8-12(13)14)19(6)16(21)23-17(2,3)4/h11H,7-10H2,1-6H3. The van der Waals surface area contributed by atoms with Gasteiger partial charge in [0.1, 0.15) is 5.60 Å². The van der Waals surface area contributed by atoms with E-state index in [9.17, 15) is 9.59 Å². The second-order valence-electron chi connectivity index (χ2n) is 7.48. The van der Waals surface area contributed by atoms with E-state index >= 15 is 0 Å². The summed E-state index contributed by atoms with van der Waals surface area (Å²) in [6.07, 6.45) is 1.97. The molecule has 1 aromatic heterocycles. The molecule has 0 aliphatic heterocycles. The lowest BCUT2D eigenvalue weighted by atomic mass is 9.81. The van der Waals surface area contributed by atoms with Crippen LogP contribution in [-0.2, 0) is 22.3 Å². The Labute approximate surface area is 147 Å². The van der Waals surface area contributed by atoms with Crippen LogP contribution >= 0.6 is 11.3 Å². The summed E-state index contributed by atoms with van der Waals surface area (Å²) in [6.45, 7) is 9.86. The first-order valence-electron chi connectivity index (χ1n) is 8.30. The third kappa shape index (κ3) is 3.91. The van der Waals surface area contributed by atoms with Crippen molar-refractivity contribution in [2.45, 2.75) is 65.0 Å². The van der Waals surface area contributed by atoms with E-state index in [1.54, 1.807) is 23.3 Å². The van der Waals surface area contributed by atoms with Crippen LogP contribution in [0.25, 0.3) is 0 Å². The quantitative estimate of drug-likeness (QED) is 0.770. The zero-order valence-electron chi connectivity index (χ0n) is 15.4. The van der Waals surface area contributed by atoms with E-state index in [1.165, 1.54) is 0 Å². The minimum atomic E-state index is -0.512. The van der Waals surface area contributed by atoms with Crippen LogP contribution in [0.15, 0.2) is 5.38 Å². The second-order valence-corrected chi connectivity index (χ2v) is 8.45. The van der Waals surface area contributed by atoms with Crippen LogP contribution in [0, 0.1) is 0 Å². The molecule has 1 aliphatic rings. The number of hydrogen-bond donors (Lipinski definition) is 0. The lowest BCUT2D eigenvalue weighted by molar-refractivity contribution is 0.00559. The van der Waals surface area contributed by atoms with Gasteiger partial charge in [0.05, 0.1) is 12.2 Å². The number of fused-ring (bicyclic) bond motifs is 1. The first kappa shape index (κ1) is 18.8. The number of carbonyl (C=O) groups is 2. The van der Waals surface area contributed by atoms with E-state index in [-0.39, 0.29) is 17.6 Å². The van der Waals surface area contributed by atoms with Crippen molar-refractivity contribution in [3.05, 3.63) is 21.4 Å². The van der Waals surface area contributed by atoms with Crippen molar-refractivity contribution < 1.29 is 19.1 Å². The monoisotopic (exact) mass is 353 g/mol. The van der Waals surface area contributed by atoms with Crippen molar-refractivity contribution in [2.75, 3.05) is 13.7 Å². The van der Waals surface area contributed by atoms with E-state index in [0.29, 0.717) is 12.2 Å². The van der Waals surface area contributed by atoms with Crippen LogP contribution in [0.3, 0.4) is 0 Å². The molecule has 0 bridgehead atoms. The molecule has 1 heterocycles. The van der Waals surface area contributed by atoms with E-state index in [4.69, 9.17) is 9.47 Å². The topological polar surface area (TPSA) is 55.8 Å². The van der Waals surface area contributed by atoms with Gasteiger partial charge in [0, 0.05) is 29.3 Å². The summed E-state index contributed by atoms with van der Waals surface area (Å²) >= 11 is 1.57. The number of rotatable bonds is 3. The molecule has 1 unspecified atom stereocenters. The van der Waals surface area contributed by atoms with E-state index in [0.717, 1.165) is 29.7 Å². The van der Waals surface area contributed by atoms with Gasteiger partial charge in [-0.2, -0.15) is 0 Å². The van der Waals surface area contributed by atoms with Gasteiger partial charge in [-0.3, -0.25) is 0 Å². The average molecular weight is 353 g/mol. The molecule has 0 radical (unpaired) electrons. The average Bonchev–Trinajstić information content (AvgIpc) is 2.87. The Morgan fingerprint density at radius 1 is 1.38 bits per heavy atom. The Balaban J connectivity index is 2.17. The molecule has 0 aromatic carbocycles. The number of esters is 1. The Hall–Kier alpha value is -1.56. The van der Waals surface area contributed by atoms with E-state index < -0.39 is 5.60 Å². The van der Waals surface area contributed by atoms with Crippen molar-refractivity contribution in [1.29, 1.82) is 0 Å².